The maximum atomic E-state index is 11.2. The Morgan fingerprint density at radius 3 is 2.95 bits per heavy atom. The van der Waals surface area contributed by atoms with E-state index in [0.717, 1.165) is 18.1 Å². The number of hydrogen-bond acceptors (Lipinski definition) is 4. The molecule has 1 heterocycles. The molecule has 0 saturated carbocycles. The molecule has 1 aromatic carbocycles. The van der Waals surface area contributed by atoms with E-state index in [1.165, 1.54) is 22.5 Å². The molecule has 1 aliphatic carbocycles. The van der Waals surface area contributed by atoms with Crippen molar-refractivity contribution < 1.29 is 9.90 Å². The Morgan fingerprint density at radius 1 is 1.48 bits per heavy atom. The summed E-state index contributed by atoms with van der Waals surface area (Å²) >= 11 is 1.47. The molecular formula is C16H18N2O2S. The summed E-state index contributed by atoms with van der Waals surface area (Å²) in [5, 5.41) is 15.2. The van der Waals surface area contributed by atoms with Gasteiger partial charge in [-0.15, -0.1) is 11.3 Å². The van der Waals surface area contributed by atoms with Crippen LogP contribution < -0.4 is 5.32 Å². The summed E-state index contributed by atoms with van der Waals surface area (Å²) < 4.78 is 0. The van der Waals surface area contributed by atoms with Gasteiger partial charge in [0.25, 0.3) is 0 Å². The Morgan fingerprint density at radius 2 is 2.24 bits per heavy atom. The fraction of sp³-hybridized carbons (Fsp3) is 0.375. The van der Waals surface area contributed by atoms with Gasteiger partial charge in [0.15, 0.2) is 5.13 Å². The number of carboxylic acids is 1. The largest absolute Gasteiger partial charge is 0.481 e. The summed E-state index contributed by atoms with van der Waals surface area (Å²) in [6, 6.07) is 8.49. The average molecular weight is 302 g/mol. The molecule has 0 spiro atoms. The molecule has 5 heteroatoms. The van der Waals surface area contributed by atoms with Crippen molar-refractivity contribution in [1.29, 1.82) is 0 Å². The standard InChI is InChI=1S/C16H18N2O2S/c1-16(2,14(19)20)13-9-21-15(18-13)17-8-11-7-10-5-3-4-6-12(10)11/h3-6,9,11H,7-8H2,1-2H3,(H,17,18)(H,19,20). The highest BCUT2D eigenvalue weighted by Gasteiger charge is 2.32. The van der Waals surface area contributed by atoms with Crippen LogP contribution in [0.4, 0.5) is 5.13 Å². The number of benzene rings is 1. The summed E-state index contributed by atoms with van der Waals surface area (Å²) in [6.45, 7) is 4.20. The van der Waals surface area contributed by atoms with Gasteiger partial charge in [0.2, 0.25) is 0 Å². The van der Waals surface area contributed by atoms with Crippen molar-refractivity contribution in [3.8, 4) is 0 Å². The van der Waals surface area contributed by atoms with Crippen molar-refractivity contribution in [2.24, 2.45) is 0 Å². The minimum absolute atomic E-state index is 0.529. The molecule has 1 aromatic heterocycles. The topological polar surface area (TPSA) is 62.2 Å². The first-order valence-corrected chi connectivity index (χ1v) is 7.87. The summed E-state index contributed by atoms with van der Waals surface area (Å²) in [6.07, 6.45) is 1.10. The molecule has 1 unspecified atom stereocenters. The van der Waals surface area contributed by atoms with E-state index in [1.807, 2.05) is 5.38 Å². The zero-order chi connectivity index (χ0) is 15.0. The predicted molar refractivity (Wildman–Crippen MR) is 84.2 cm³/mol. The van der Waals surface area contributed by atoms with E-state index >= 15 is 0 Å². The Labute approximate surface area is 127 Å². The monoisotopic (exact) mass is 302 g/mol. The van der Waals surface area contributed by atoms with Gasteiger partial charge in [-0.3, -0.25) is 4.79 Å². The van der Waals surface area contributed by atoms with E-state index in [0.29, 0.717) is 11.6 Å². The van der Waals surface area contributed by atoms with Crippen LogP contribution in [-0.4, -0.2) is 22.6 Å². The molecule has 1 atom stereocenters. The number of anilines is 1. The second kappa shape index (κ2) is 5.15. The van der Waals surface area contributed by atoms with Gasteiger partial charge in [-0.05, 0) is 31.4 Å². The van der Waals surface area contributed by atoms with Gasteiger partial charge in [-0.2, -0.15) is 0 Å². The minimum Gasteiger partial charge on any atom is -0.481 e. The molecule has 0 fully saturated rings. The summed E-state index contributed by atoms with van der Waals surface area (Å²) in [5.74, 6) is -0.326. The molecular weight excluding hydrogens is 284 g/mol. The number of rotatable bonds is 5. The van der Waals surface area contributed by atoms with Gasteiger partial charge in [0.1, 0.15) is 5.41 Å². The van der Waals surface area contributed by atoms with Crippen LogP contribution in [0.2, 0.25) is 0 Å². The first-order chi connectivity index (χ1) is 9.98. The highest BCUT2D eigenvalue weighted by atomic mass is 32.1. The van der Waals surface area contributed by atoms with Crippen LogP contribution in [0.1, 0.15) is 36.6 Å². The summed E-state index contributed by atoms with van der Waals surface area (Å²) in [4.78, 5) is 15.6. The summed E-state index contributed by atoms with van der Waals surface area (Å²) in [5.41, 5.74) is 2.50. The Hall–Kier alpha value is -1.88. The second-order valence-corrected chi connectivity index (χ2v) is 6.81. The zero-order valence-electron chi connectivity index (χ0n) is 12.1. The Kier molecular flexibility index (Phi) is 3.45. The van der Waals surface area contributed by atoms with Crippen molar-refractivity contribution in [1.82, 2.24) is 4.98 Å². The number of nitrogens with one attached hydrogen (secondary N) is 1. The first-order valence-electron chi connectivity index (χ1n) is 6.99. The number of carboxylic acid groups (broad SMARTS) is 1. The highest BCUT2D eigenvalue weighted by molar-refractivity contribution is 7.13. The van der Waals surface area contributed by atoms with Crippen molar-refractivity contribution in [2.45, 2.75) is 31.6 Å². The summed E-state index contributed by atoms with van der Waals surface area (Å²) in [7, 11) is 0. The molecule has 0 radical (unpaired) electrons. The van der Waals surface area contributed by atoms with Gasteiger partial charge in [-0.1, -0.05) is 24.3 Å². The van der Waals surface area contributed by atoms with Crippen LogP contribution in [0.25, 0.3) is 0 Å². The van der Waals surface area contributed by atoms with Gasteiger partial charge in [0, 0.05) is 17.8 Å². The van der Waals surface area contributed by atoms with Crippen LogP contribution in [-0.2, 0) is 16.6 Å². The molecule has 1 aliphatic rings. The van der Waals surface area contributed by atoms with Crippen molar-refractivity contribution in [3.05, 3.63) is 46.5 Å². The fourth-order valence-electron chi connectivity index (χ4n) is 2.51. The molecule has 2 N–H and O–H groups in total. The average Bonchev–Trinajstić information content (AvgIpc) is 2.89. The molecule has 0 saturated heterocycles. The van der Waals surface area contributed by atoms with E-state index in [1.54, 1.807) is 13.8 Å². The number of thiazole rings is 1. The molecule has 3 rings (SSSR count). The van der Waals surface area contributed by atoms with E-state index < -0.39 is 11.4 Å². The molecule has 0 bridgehead atoms. The first kappa shape index (κ1) is 14.1. The lowest BCUT2D eigenvalue weighted by Crippen LogP contribution is -2.29. The van der Waals surface area contributed by atoms with Gasteiger partial charge < -0.3 is 10.4 Å². The lowest BCUT2D eigenvalue weighted by molar-refractivity contribution is -0.142. The zero-order valence-corrected chi connectivity index (χ0v) is 12.9. The highest BCUT2D eigenvalue weighted by Crippen LogP contribution is 2.35. The number of carbonyl (C=O) groups is 1. The minimum atomic E-state index is -0.945. The second-order valence-electron chi connectivity index (χ2n) is 5.95. The van der Waals surface area contributed by atoms with Crippen LogP contribution >= 0.6 is 11.3 Å². The lowest BCUT2D eigenvalue weighted by atomic mass is 9.78. The number of aliphatic carboxylic acids is 1. The maximum Gasteiger partial charge on any atom is 0.315 e. The van der Waals surface area contributed by atoms with E-state index in [4.69, 9.17) is 0 Å². The smallest absolute Gasteiger partial charge is 0.315 e. The SMILES string of the molecule is CC(C)(C(=O)O)c1csc(NCC2Cc3ccccc32)n1. The van der Waals surface area contributed by atoms with Crippen molar-refractivity contribution >= 4 is 22.4 Å². The van der Waals surface area contributed by atoms with Crippen molar-refractivity contribution in [3.63, 3.8) is 0 Å². The third-order valence-corrected chi connectivity index (χ3v) is 4.94. The van der Waals surface area contributed by atoms with E-state index in [-0.39, 0.29) is 0 Å². The normalized spacial score (nSPS) is 17.0. The van der Waals surface area contributed by atoms with Gasteiger partial charge in [-0.25, -0.2) is 4.98 Å². The molecule has 21 heavy (non-hydrogen) atoms. The molecule has 110 valence electrons. The number of hydrogen-bond donors (Lipinski definition) is 2. The molecule has 0 amide bonds. The Balaban J connectivity index is 1.63. The van der Waals surface area contributed by atoms with Crippen molar-refractivity contribution in [2.75, 3.05) is 11.9 Å². The molecule has 2 aromatic rings. The quantitative estimate of drug-likeness (QED) is 0.890. The number of aromatic nitrogens is 1. The van der Waals surface area contributed by atoms with Gasteiger partial charge >= 0.3 is 5.97 Å². The van der Waals surface area contributed by atoms with Crippen LogP contribution in [0.15, 0.2) is 29.6 Å². The Bertz CT molecular complexity index is 678. The maximum absolute atomic E-state index is 11.2. The fourth-order valence-corrected chi connectivity index (χ4v) is 3.40. The number of fused-ring (bicyclic) bond motifs is 1. The third-order valence-electron chi connectivity index (χ3n) is 4.14. The third kappa shape index (κ3) is 2.53. The molecule has 4 nitrogen and oxygen atoms in total. The number of nitrogens with zero attached hydrogens (tertiary/aromatic N) is 1. The predicted octanol–water partition coefficient (Wildman–Crippen LogP) is 3.26. The lowest BCUT2D eigenvalue weighted by Gasteiger charge is -2.30. The van der Waals surface area contributed by atoms with Crippen LogP contribution in [0, 0.1) is 0 Å². The molecule has 0 aliphatic heterocycles. The van der Waals surface area contributed by atoms with E-state index in [9.17, 15) is 9.90 Å². The van der Waals surface area contributed by atoms with E-state index in [2.05, 4.69) is 34.6 Å². The van der Waals surface area contributed by atoms with Crippen LogP contribution in [0.3, 0.4) is 0 Å². The van der Waals surface area contributed by atoms with Crippen LogP contribution in [0.5, 0.6) is 0 Å². The van der Waals surface area contributed by atoms with Gasteiger partial charge in [0.05, 0.1) is 5.69 Å².